The SMILES string of the molecule is COCc1cccc(Nc2c(F)cccc2C(=O)O)c1. The van der Waals surface area contributed by atoms with E-state index in [2.05, 4.69) is 5.32 Å². The normalized spacial score (nSPS) is 10.3. The average Bonchev–Trinajstić information content (AvgIpc) is 2.41. The standard InChI is InChI=1S/C15H14FNO3/c1-20-9-10-4-2-5-11(8-10)17-14-12(15(18)19)6-3-7-13(14)16/h2-8,17H,9H2,1H3,(H,18,19). The minimum Gasteiger partial charge on any atom is -0.478 e. The zero-order chi connectivity index (χ0) is 14.5. The number of carboxylic acid groups (broad SMARTS) is 1. The van der Waals surface area contributed by atoms with Crippen molar-refractivity contribution in [3.8, 4) is 0 Å². The molecule has 0 atom stereocenters. The monoisotopic (exact) mass is 275 g/mol. The van der Waals surface area contributed by atoms with Crippen molar-refractivity contribution in [2.75, 3.05) is 12.4 Å². The van der Waals surface area contributed by atoms with Crippen LogP contribution in [0.25, 0.3) is 0 Å². The smallest absolute Gasteiger partial charge is 0.337 e. The lowest BCUT2D eigenvalue weighted by molar-refractivity contribution is 0.0697. The van der Waals surface area contributed by atoms with Crippen LogP contribution in [0.4, 0.5) is 15.8 Å². The van der Waals surface area contributed by atoms with E-state index in [1.165, 1.54) is 18.2 Å². The number of para-hydroxylation sites is 1. The molecule has 0 unspecified atom stereocenters. The molecule has 0 aliphatic heterocycles. The Kier molecular flexibility index (Phi) is 4.32. The minimum absolute atomic E-state index is 0.0467. The molecule has 0 bridgehead atoms. The molecule has 0 aliphatic carbocycles. The number of halogens is 1. The summed E-state index contributed by atoms with van der Waals surface area (Å²) in [5.41, 5.74) is 1.36. The number of aromatic carboxylic acids is 1. The highest BCUT2D eigenvalue weighted by molar-refractivity contribution is 5.95. The highest BCUT2D eigenvalue weighted by Crippen LogP contribution is 2.25. The molecule has 20 heavy (non-hydrogen) atoms. The number of methoxy groups -OCH3 is 1. The summed E-state index contributed by atoms with van der Waals surface area (Å²) < 4.78 is 18.8. The Morgan fingerprint density at radius 2 is 2.05 bits per heavy atom. The largest absolute Gasteiger partial charge is 0.478 e. The second-order valence-corrected chi connectivity index (χ2v) is 4.23. The molecule has 0 saturated carbocycles. The number of hydrogen-bond donors (Lipinski definition) is 2. The Morgan fingerprint density at radius 3 is 2.75 bits per heavy atom. The molecule has 0 fully saturated rings. The summed E-state index contributed by atoms with van der Waals surface area (Å²) in [4.78, 5) is 11.1. The number of rotatable bonds is 5. The van der Waals surface area contributed by atoms with Gasteiger partial charge in [0.2, 0.25) is 0 Å². The molecule has 0 spiro atoms. The zero-order valence-electron chi connectivity index (χ0n) is 10.9. The quantitative estimate of drug-likeness (QED) is 0.878. The molecule has 0 aliphatic rings. The summed E-state index contributed by atoms with van der Waals surface area (Å²) >= 11 is 0. The predicted molar refractivity (Wildman–Crippen MR) is 73.8 cm³/mol. The van der Waals surface area contributed by atoms with Crippen molar-refractivity contribution >= 4 is 17.3 Å². The maximum Gasteiger partial charge on any atom is 0.337 e. The van der Waals surface area contributed by atoms with Crippen molar-refractivity contribution in [3.05, 3.63) is 59.4 Å². The van der Waals surface area contributed by atoms with Gasteiger partial charge in [-0.1, -0.05) is 18.2 Å². The van der Waals surface area contributed by atoms with Gasteiger partial charge in [-0.2, -0.15) is 0 Å². The lowest BCUT2D eigenvalue weighted by Crippen LogP contribution is -2.05. The molecule has 2 N–H and O–H groups in total. The molecule has 4 nitrogen and oxygen atoms in total. The van der Waals surface area contributed by atoms with E-state index in [0.29, 0.717) is 12.3 Å². The molecule has 0 heterocycles. The minimum atomic E-state index is -1.18. The molecule has 5 heteroatoms. The maximum absolute atomic E-state index is 13.8. The Bertz CT molecular complexity index is 628. The molecule has 2 rings (SSSR count). The molecule has 0 aromatic heterocycles. The third-order valence-electron chi connectivity index (χ3n) is 2.75. The van der Waals surface area contributed by atoms with Crippen LogP contribution in [0.2, 0.25) is 0 Å². The van der Waals surface area contributed by atoms with Gasteiger partial charge >= 0.3 is 5.97 Å². The van der Waals surface area contributed by atoms with Crippen LogP contribution >= 0.6 is 0 Å². The first-order valence-electron chi connectivity index (χ1n) is 5.98. The van der Waals surface area contributed by atoms with Crippen molar-refractivity contribution in [3.63, 3.8) is 0 Å². The van der Waals surface area contributed by atoms with E-state index in [0.717, 1.165) is 5.56 Å². The molecular formula is C15H14FNO3. The van der Waals surface area contributed by atoms with Crippen molar-refractivity contribution in [2.24, 2.45) is 0 Å². The fourth-order valence-electron chi connectivity index (χ4n) is 1.88. The number of carbonyl (C=O) groups is 1. The van der Waals surface area contributed by atoms with Gasteiger partial charge in [0.1, 0.15) is 5.82 Å². The van der Waals surface area contributed by atoms with Gasteiger partial charge in [0.25, 0.3) is 0 Å². The lowest BCUT2D eigenvalue weighted by atomic mass is 10.1. The molecule has 104 valence electrons. The molecule has 2 aromatic rings. The van der Waals surface area contributed by atoms with Gasteiger partial charge in [0.15, 0.2) is 0 Å². The van der Waals surface area contributed by atoms with Gasteiger partial charge in [0.05, 0.1) is 17.9 Å². The fraction of sp³-hybridized carbons (Fsp3) is 0.133. The first-order valence-corrected chi connectivity index (χ1v) is 5.98. The predicted octanol–water partition coefficient (Wildman–Crippen LogP) is 3.41. The number of hydrogen-bond acceptors (Lipinski definition) is 3. The third kappa shape index (κ3) is 3.13. The van der Waals surface area contributed by atoms with Crippen LogP contribution < -0.4 is 5.32 Å². The summed E-state index contributed by atoms with van der Waals surface area (Å²) in [6.45, 7) is 0.429. The molecule has 0 saturated heterocycles. The van der Waals surface area contributed by atoms with Crippen LogP contribution in [0.3, 0.4) is 0 Å². The van der Waals surface area contributed by atoms with Gasteiger partial charge in [0, 0.05) is 12.8 Å². The number of ether oxygens (including phenoxy) is 1. The Balaban J connectivity index is 2.34. The van der Waals surface area contributed by atoms with Gasteiger partial charge in [-0.25, -0.2) is 9.18 Å². The van der Waals surface area contributed by atoms with Crippen LogP contribution in [0.5, 0.6) is 0 Å². The van der Waals surface area contributed by atoms with Crippen molar-refractivity contribution in [1.82, 2.24) is 0 Å². The summed E-state index contributed by atoms with van der Waals surface area (Å²) in [5, 5.41) is 11.9. The summed E-state index contributed by atoms with van der Waals surface area (Å²) in [6.07, 6.45) is 0. The van der Waals surface area contributed by atoms with Crippen LogP contribution in [0.15, 0.2) is 42.5 Å². The van der Waals surface area contributed by atoms with E-state index in [9.17, 15) is 9.18 Å². The number of nitrogens with one attached hydrogen (secondary N) is 1. The van der Waals surface area contributed by atoms with E-state index < -0.39 is 11.8 Å². The third-order valence-corrected chi connectivity index (χ3v) is 2.75. The van der Waals surface area contributed by atoms with E-state index in [-0.39, 0.29) is 11.3 Å². The highest BCUT2D eigenvalue weighted by Gasteiger charge is 2.14. The van der Waals surface area contributed by atoms with E-state index >= 15 is 0 Å². The van der Waals surface area contributed by atoms with E-state index in [4.69, 9.17) is 9.84 Å². The molecule has 0 amide bonds. The Morgan fingerprint density at radius 1 is 1.30 bits per heavy atom. The molecular weight excluding hydrogens is 261 g/mol. The number of carboxylic acids is 1. The van der Waals surface area contributed by atoms with Gasteiger partial charge in [-0.15, -0.1) is 0 Å². The second-order valence-electron chi connectivity index (χ2n) is 4.23. The Labute approximate surface area is 115 Å². The van der Waals surface area contributed by atoms with Gasteiger partial charge in [-0.3, -0.25) is 0 Å². The summed E-state index contributed by atoms with van der Waals surface area (Å²) in [6, 6.07) is 11.1. The molecule has 0 radical (unpaired) electrons. The van der Waals surface area contributed by atoms with Gasteiger partial charge < -0.3 is 15.2 Å². The number of benzene rings is 2. The maximum atomic E-state index is 13.8. The molecule has 2 aromatic carbocycles. The summed E-state index contributed by atoms with van der Waals surface area (Å²) in [7, 11) is 1.58. The van der Waals surface area contributed by atoms with Crippen LogP contribution in [-0.2, 0) is 11.3 Å². The topological polar surface area (TPSA) is 58.6 Å². The lowest BCUT2D eigenvalue weighted by Gasteiger charge is -2.11. The second kappa shape index (κ2) is 6.16. The first kappa shape index (κ1) is 14.0. The number of anilines is 2. The van der Waals surface area contributed by atoms with Crippen LogP contribution in [-0.4, -0.2) is 18.2 Å². The van der Waals surface area contributed by atoms with Crippen molar-refractivity contribution in [2.45, 2.75) is 6.61 Å². The fourth-order valence-corrected chi connectivity index (χ4v) is 1.88. The average molecular weight is 275 g/mol. The van der Waals surface area contributed by atoms with Crippen molar-refractivity contribution in [1.29, 1.82) is 0 Å². The van der Waals surface area contributed by atoms with Crippen molar-refractivity contribution < 1.29 is 19.0 Å². The first-order chi connectivity index (χ1) is 9.61. The van der Waals surface area contributed by atoms with E-state index in [1.54, 1.807) is 25.3 Å². The zero-order valence-corrected chi connectivity index (χ0v) is 10.9. The van der Waals surface area contributed by atoms with Crippen LogP contribution in [0, 0.1) is 5.82 Å². The van der Waals surface area contributed by atoms with Crippen LogP contribution in [0.1, 0.15) is 15.9 Å². The Hall–Kier alpha value is -2.40. The summed E-state index contributed by atoms with van der Waals surface area (Å²) in [5.74, 6) is -1.79. The van der Waals surface area contributed by atoms with E-state index in [1.807, 2.05) is 6.07 Å². The van der Waals surface area contributed by atoms with Gasteiger partial charge in [-0.05, 0) is 29.8 Å². The highest BCUT2D eigenvalue weighted by atomic mass is 19.1.